The second-order valence-electron chi connectivity index (χ2n) is 6.71. The number of nitrogens with zero attached hydrogens (tertiary/aromatic N) is 3. The lowest BCUT2D eigenvalue weighted by molar-refractivity contribution is -0.274. The Morgan fingerprint density at radius 3 is 2.69 bits per heavy atom. The van der Waals surface area contributed by atoms with Crippen LogP contribution in [0.25, 0.3) is 21.3 Å². The average Bonchev–Trinajstić information content (AvgIpc) is 3.24. The van der Waals surface area contributed by atoms with Crippen LogP contribution in [0.4, 0.5) is 24.3 Å². The summed E-state index contributed by atoms with van der Waals surface area (Å²) in [6.45, 7) is -0.306. The molecule has 0 saturated heterocycles. The van der Waals surface area contributed by atoms with Crippen molar-refractivity contribution in [3.8, 4) is 5.75 Å². The SMILES string of the molecule is Cn1c(Nc2nc3ccc(OC(F)(F)F)cc3s2)nc2cc(C(=O)NCC(O)O)ccc21. The maximum atomic E-state index is 12.4. The van der Waals surface area contributed by atoms with E-state index in [-0.39, 0.29) is 12.3 Å². The van der Waals surface area contributed by atoms with Crippen LogP contribution in [0.1, 0.15) is 10.4 Å². The van der Waals surface area contributed by atoms with Gasteiger partial charge in [-0.05, 0) is 30.3 Å². The van der Waals surface area contributed by atoms with Crippen LogP contribution in [-0.4, -0.2) is 49.9 Å². The summed E-state index contributed by atoms with van der Waals surface area (Å²) in [6, 6.07) is 8.70. The van der Waals surface area contributed by atoms with E-state index >= 15 is 0 Å². The van der Waals surface area contributed by atoms with Crippen molar-refractivity contribution < 1.29 is 32.9 Å². The number of halogens is 3. The molecule has 2 aromatic carbocycles. The van der Waals surface area contributed by atoms with Crippen LogP contribution in [0.15, 0.2) is 36.4 Å². The minimum atomic E-state index is -4.78. The molecule has 0 saturated carbocycles. The Bertz CT molecular complexity index is 1300. The lowest BCUT2D eigenvalue weighted by Crippen LogP contribution is -2.31. The zero-order chi connectivity index (χ0) is 23.0. The normalized spacial score (nSPS) is 12.0. The van der Waals surface area contributed by atoms with Crippen LogP contribution in [-0.2, 0) is 7.05 Å². The van der Waals surface area contributed by atoms with E-state index in [4.69, 9.17) is 10.2 Å². The number of carbonyl (C=O) groups excluding carboxylic acids is 1. The molecule has 0 aliphatic rings. The van der Waals surface area contributed by atoms with Gasteiger partial charge in [0.2, 0.25) is 5.95 Å². The van der Waals surface area contributed by atoms with Gasteiger partial charge in [0.05, 0.1) is 27.8 Å². The Balaban J connectivity index is 1.57. The minimum absolute atomic E-state index is 0.292. The molecule has 0 radical (unpaired) electrons. The highest BCUT2D eigenvalue weighted by molar-refractivity contribution is 7.22. The van der Waals surface area contributed by atoms with Crippen molar-refractivity contribution in [1.29, 1.82) is 0 Å². The third-order valence-electron chi connectivity index (χ3n) is 4.40. The van der Waals surface area contributed by atoms with Gasteiger partial charge in [-0.25, -0.2) is 9.97 Å². The number of imidazole rings is 1. The molecule has 0 fully saturated rings. The number of carbonyl (C=O) groups is 1. The molecule has 13 heteroatoms. The van der Waals surface area contributed by atoms with Gasteiger partial charge in [-0.3, -0.25) is 4.79 Å². The van der Waals surface area contributed by atoms with E-state index in [0.717, 1.165) is 11.3 Å². The van der Waals surface area contributed by atoms with E-state index in [0.29, 0.717) is 37.9 Å². The molecule has 2 heterocycles. The monoisotopic (exact) mass is 467 g/mol. The van der Waals surface area contributed by atoms with Gasteiger partial charge in [-0.2, -0.15) is 0 Å². The maximum Gasteiger partial charge on any atom is 0.573 e. The van der Waals surface area contributed by atoms with E-state index in [1.807, 2.05) is 0 Å². The molecule has 168 valence electrons. The van der Waals surface area contributed by atoms with Crippen LogP contribution in [0, 0.1) is 0 Å². The molecular formula is C19H16F3N5O4S. The van der Waals surface area contributed by atoms with Gasteiger partial charge in [-0.15, -0.1) is 13.2 Å². The number of fused-ring (bicyclic) bond motifs is 2. The van der Waals surface area contributed by atoms with E-state index in [1.165, 1.54) is 18.2 Å². The second-order valence-corrected chi connectivity index (χ2v) is 7.74. The maximum absolute atomic E-state index is 12.4. The Morgan fingerprint density at radius 2 is 1.97 bits per heavy atom. The molecule has 4 aromatic rings. The summed E-state index contributed by atoms with van der Waals surface area (Å²) in [5.74, 6) is -0.403. The van der Waals surface area contributed by atoms with Crippen molar-refractivity contribution in [2.24, 2.45) is 7.05 Å². The highest BCUT2D eigenvalue weighted by atomic mass is 32.1. The van der Waals surface area contributed by atoms with Crippen LogP contribution in [0.3, 0.4) is 0 Å². The van der Waals surface area contributed by atoms with Gasteiger partial charge >= 0.3 is 6.36 Å². The minimum Gasteiger partial charge on any atom is -0.406 e. The highest BCUT2D eigenvalue weighted by Crippen LogP contribution is 2.33. The van der Waals surface area contributed by atoms with Gasteiger partial charge in [-0.1, -0.05) is 11.3 Å². The van der Waals surface area contributed by atoms with Gasteiger partial charge in [0, 0.05) is 18.7 Å². The number of ether oxygens (including phenoxy) is 1. The molecule has 2 aromatic heterocycles. The Hall–Kier alpha value is -3.42. The third kappa shape index (κ3) is 4.74. The van der Waals surface area contributed by atoms with E-state index in [2.05, 4.69) is 25.3 Å². The second kappa shape index (κ2) is 8.26. The smallest absolute Gasteiger partial charge is 0.406 e. The standard InChI is InChI=1S/C19H16F3N5O4S/c1-27-13-5-2-9(16(30)23-8-15(28)29)6-12(13)24-17(27)26-18-25-11-4-3-10(7-14(11)32-18)31-19(20,21)22/h2-7,15,28-29H,8H2,1H3,(H,23,30)(H,24,25,26). The van der Waals surface area contributed by atoms with E-state index in [1.54, 1.807) is 29.8 Å². The Labute approximate surface area is 182 Å². The zero-order valence-electron chi connectivity index (χ0n) is 16.3. The first-order valence-electron chi connectivity index (χ1n) is 9.13. The summed E-state index contributed by atoms with van der Waals surface area (Å²) in [6.07, 6.45) is -6.43. The predicted octanol–water partition coefficient (Wildman–Crippen LogP) is 2.87. The third-order valence-corrected chi connectivity index (χ3v) is 5.33. The summed E-state index contributed by atoms with van der Waals surface area (Å²) in [5, 5.41) is 23.6. The summed E-state index contributed by atoms with van der Waals surface area (Å²) in [4.78, 5) is 20.9. The molecule has 0 aliphatic heterocycles. The number of aryl methyl sites for hydroxylation is 1. The molecule has 32 heavy (non-hydrogen) atoms. The number of alkyl halides is 3. The van der Waals surface area contributed by atoms with Crippen molar-refractivity contribution >= 4 is 49.6 Å². The molecule has 0 aliphatic carbocycles. The molecule has 0 bridgehead atoms. The largest absolute Gasteiger partial charge is 0.573 e. The number of anilines is 2. The molecule has 0 spiro atoms. The lowest BCUT2D eigenvalue weighted by atomic mass is 10.2. The number of amides is 1. The topological polar surface area (TPSA) is 122 Å². The molecule has 4 rings (SSSR count). The first-order chi connectivity index (χ1) is 15.1. The van der Waals surface area contributed by atoms with Crippen molar-refractivity contribution in [3.05, 3.63) is 42.0 Å². The highest BCUT2D eigenvalue weighted by Gasteiger charge is 2.31. The van der Waals surface area contributed by atoms with Crippen LogP contribution >= 0.6 is 11.3 Å². The number of aliphatic hydroxyl groups is 2. The number of thiazole rings is 1. The number of aromatic nitrogens is 3. The number of benzene rings is 2. The zero-order valence-corrected chi connectivity index (χ0v) is 17.2. The fourth-order valence-corrected chi connectivity index (χ4v) is 3.88. The van der Waals surface area contributed by atoms with E-state index < -0.39 is 18.6 Å². The Morgan fingerprint density at radius 1 is 1.19 bits per heavy atom. The molecule has 0 atom stereocenters. The van der Waals surface area contributed by atoms with Crippen molar-refractivity contribution in [1.82, 2.24) is 19.9 Å². The summed E-state index contributed by atoms with van der Waals surface area (Å²) in [7, 11) is 1.75. The summed E-state index contributed by atoms with van der Waals surface area (Å²) < 4.78 is 43.5. The first kappa shape index (κ1) is 21.8. The summed E-state index contributed by atoms with van der Waals surface area (Å²) >= 11 is 1.13. The Kier molecular flexibility index (Phi) is 5.62. The van der Waals surface area contributed by atoms with Gasteiger partial charge in [0.15, 0.2) is 11.4 Å². The number of hydrogen-bond acceptors (Lipinski definition) is 8. The number of aliphatic hydroxyl groups excluding tert-OH is 1. The number of hydrogen-bond donors (Lipinski definition) is 4. The van der Waals surface area contributed by atoms with Crippen LogP contribution < -0.4 is 15.4 Å². The number of nitrogens with one attached hydrogen (secondary N) is 2. The molecule has 9 nitrogen and oxygen atoms in total. The van der Waals surface area contributed by atoms with Crippen LogP contribution in [0.5, 0.6) is 5.75 Å². The lowest BCUT2D eigenvalue weighted by Gasteiger charge is -2.07. The van der Waals surface area contributed by atoms with Gasteiger partial charge in [0.1, 0.15) is 5.75 Å². The quantitative estimate of drug-likeness (QED) is 0.322. The fraction of sp³-hybridized carbons (Fsp3) is 0.211. The van der Waals surface area contributed by atoms with E-state index in [9.17, 15) is 18.0 Å². The van der Waals surface area contributed by atoms with Crippen LogP contribution in [0.2, 0.25) is 0 Å². The predicted molar refractivity (Wildman–Crippen MR) is 111 cm³/mol. The molecule has 1 amide bonds. The van der Waals surface area contributed by atoms with Gasteiger partial charge in [0.25, 0.3) is 5.91 Å². The summed E-state index contributed by atoms with van der Waals surface area (Å²) in [5.41, 5.74) is 2.01. The van der Waals surface area contributed by atoms with Gasteiger partial charge < -0.3 is 30.2 Å². The van der Waals surface area contributed by atoms with Crippen molar-refractivity contribution in [2.75, 3.05) is 11.9 Å². The fourth-order valence-electron chi connectivity index (χ4n) is 2.99. The molecule has 4 N–H and O–H groups in total. The number of rotatable bonds is 6. The molecular weight excluding hydrogens is 451 g/mol. The molecule has 0 unspecified atom stereocenters. The first-order valence-corrected chi connectivity index (χ1v) is 9.95. The van der Waals surface area contributed by atoms with Crippen molar-refractivity contribution in [3.63, 3.8) is 0 Å². The van der Waals surface area contributed by atoms with Crippen molar-refractivity contribution in [2.45, 2.75) is 12.7 Å². The average molecular weight is 467 g/mol.